The molecule has 2 fully saturated rings. The topological polar surface area (TPSA) is 73.9 Å². The monoisotopic (exact) mass is 256 g/mol. The number of carbonyl (C=O) groups is 2. The van der Waals surface area contributed by atoms with Crippen LogP contribution in [0.2, 0.25) is 0 Å². The molecule has 2 N–H and O–H groups in total. The van der Waals surface area contributed by atoms with Crippen LogP contribution in [-0.4, -0.2) is 80.8 Å². The van der Waals surface area contributed by atoms with Gasteiger partial charge in [0.25, 0.3) is 0 Å². The molecule has 0 bridgehead atoms. The van der Waals surface area contributed by atoms with E-state index in [0.717, 1.165) is 39.3 Å². The summed E-state index contributed by atoms with van der Waals surface area (Å²) in [6.45, 7) is 6.10. The molecule has 7 nitrogen and oxygen atoms in total. The summed E-state index contributed by atoms with van der Waals surface area (Å²) < 4.78 is 4.38. The highest BCUT2D eigenvalue weighted by Crippen LogP contribution is 2.09. The van der Waals surface area contributed by atoms with Crippen molar-refractivity contribution < 1.29 is 14.3 Å². The predicted octanol–water partition coefficient (Wildman–Crippen LogP) is -1.54. The van der Waals surface area contributed by atoms with Crippen molar-refractivity contribution in [1.82, 2.24) is 20.4 Å². The van der Waals surface area contributed by atoms with E-state index in [9.17, 15) is 9.59 Å². The van der Waals surface area contributed by atoms with Crippen molar-refractivity contribution in [3.05, 3.63) is 0 Å². The highest BCUT2D eigenvalue weighted by Gasteiger charge is 2.28. The minimum absolute atomic E-state index is 0.256. The lowest BCUT2D eigenvalue weighted by Gasteiger charge is -2.43. The smallest absolute Gasteiger partial charge is 0.413 e. The second kappa shape index (κ2) is 6.12. The van der Waals surface area contributed by atoms with Gasteiger partial charge in [-0.15, -0.1) is 0 Å². The number of imide groups is 1. The molecule has 0 unspecified atom stereocenters. The van der Waals surface area contributed by atoms with E-state index in [1.807, 2.05) is 0 Å². The molecule has 2 aliphatic rings. The fourth-order valence-electron chi connectivity index (χ4n) is 2.23. The van der Waals surface area contributed by atoms with Crippen molar-refractivity contribution in [1.29, 1.82) is 0 Å². The van der Waals surface area contributed by atoms with Gasteiger partial charge in [0.05, 0.1) is 13.7 Å². The SMILES string of the molecule is COC(=O)NC(=O)CN1CCN(C2CNC2)CC1. The van der Waals surface area contributed by atoms with Gasteiger partial charge in [-0.3, -0.25) is 19.9 Å². The molecule has 7 heteroatoms. The van der Waals surface area contributed by atoms with Gasteiger partial charge < -0.3 is 10.1 Å². The van der Waals surface area contributed by atoms with E-state index in [2.05, 4.69) is 25.2 Å². The van der Waals surface area contributed by atoms with Crippen molar-refractivity contribution in [3.8, 4) is 0 Å². The molecule has 0 aromatic carbocycles. The van der Waals surface area contributed by atoms with Crippen LogP contribution in [0.25, 0.3) is 0 Å². The Hall–Kier alpha value is -1.18. The van der Waals surface area contributed by atoms with Crippen molar-refractivity contribution in [2.24, 2.45) is 0 Å². The van der Waals surface area contributed by atoms with Crippen molar-refractivity contribution in [3.63, 3.8) is 0 Å². The fraction of sp³-hybridized carbons (Fsp3) is 0.818. The first kappa shape index (κ1) is 13.3. The molecular formula is C11H20N4O3. The van der Waals surface area contributed by atoms with Gasteiger partial charge in [0, 0.05) is 45.3 Å². The average molecular weight is 256 g/mol. The molecule has 0 radical (unpaired) electrons. The zero-order chi connectivity index (χ0) is 13.0. The largest absolute Gasteiger partial charge is 0.453 e. The summed E-state index contributed by atoms with van der Waals surface area (Å²) in [6, 6.07) is 0.663. The summed E-state index contributed by atoms with van der Waals surface area (Å²) in [7, 11) is 1.24. The summed E-state index contributed by atoms with van der Waals surface area (Å²) in [6.07, 6.45) is -0.695. The molecule has 0 aromatic heterocycles. The normalized spacial score (nSPS) is 22.3. The van der Waals surface area contributed by atoms with Crippen molar-refractivity contribution in [2.75, 3.05) is 52.9 Å². The van der Waals surface area contributed by atoms with Crippen LogP contribution in [0.4, 0.5) is 4.79 Å². The van der Waals surface area contributed by atoms with E-state index in [4.69, 9.17) is 0 Å². The lowest BCUT2D eigenvalue weighted by atomic mass is 10.1. The summed E-state index contributed by atoms with van der Waals surface area (Å²) in [5.41, 5.74) is 0. The Bertz CT molecular complexity index is 311. The van der Waals surface area contributed by atoms with E-state index in [-0.39, 0.29) is 12.5 Å². The number of hydrogen-bond acceptors (Lipinski definition) is 6. The Balaban J connectivity index is 1.66. The number of amides is 2. The van der Waals surface area contributed by atoms with Crippen LogP contribution in [0.1, 0.15) is 0 Å². The van der Waals surface area contributed by atoms with Crippen LogP contribution in [0.3, 0.4) is 0 Å². The number of nitrogens with zero attached hydrogens (tertiary/aromatic N) is 2. The van der Waals surface area contributed by atoms with Crippen LogP contribution in [0.15, 0.2) is 0 Å². The Labute approximate surface area is 106 Å². The van der Waals surface area contributed by atoms with Gasteiger partial charge in [0.1, 0.15) is 0 Å². The number of rotatable bonds is 3. The molecule has 2 aliphatic heterocycles. The van der Waals surface area contributed by atoms with Gasteiger partial charge in [0.2, 0.25) is 5.91 Å². The molecule has 102 valence electrons. The maximum absolute atomic E-state index is 11.5. The van der Waals surface area contributed by atoms with E-state index in [0.29, 0.717) is 6.04 Å². The Morgan fingerprint density at radius 2 is 1.94 bits per heavy atom. The van der Waals surface area contributed by atoms with Gasteiger partial charge in [-0.05, 0) is 0 Å². The Morgan fingerprint density at radius 3 is 2.44 bits per heavy atom. The lowest BCUT2D eigenvalue weighted by molar-refractivity contribution is -0.122. The van der Waals surface area contributed by atoms with E-state index in [1.54, 1.807) is 0 Å². The zero-order valence-electron chi connectivity index (χ0n) is 10.6. The maximum atomic E-state index is 11.5. The molecule has 2 saturated heterocycles. The maximum Gasteiger partial charge on any atom is 0.413 e. The van der Waals surface area contributed by atoms with E-state index >= 15 is 0 Å². The second-order valence-electron chi connectivity index (χ2n) is 4.66. The summed E-state index contributed by atoms with van der Waals surface area (Å²) >= 11 is 0. The number of carbonyl (C=O) groups excluding carboxylic acids is 2. The van der Waals surface area contributed by atoms with E-state index < -0.39 is 6.09 Å². The third-order valence-electron chi connectivity index (χ3n) is 3.48. The predicted molar refractivity (Wildman–Crippen MR) is 65.2 cm³/mol. The number of nitrogens with one attached hydrogen (secondary N) is 2. The summed E-state index contributed by atoms with van der Waals surface area (Å²) in [5.74, 6) is -0.305. The average Bonchev–Trinajstić information content (AvgIpc) is 2.29. The van der Waals surface area contributed by atoms with Crippen LogP contribution in [0.5, 0.6) is 0 Å². The number of methoxy groups -OCH3 is 1. The summed E-state index contributed by atoms with van der Waals surface area (Å²) in [4.78, 5) is 26.9. The van der Waals surface area contributed by atoms with Crippen LogP contribution < -0.4 is 10.6 Å². The molecule has 2 heterocycles. The molecule has 0 saturated carbocycles. The molecule has 18 heavy (non-hydrogen) atoms. The molecule has 0 spiro atoms. The van der Waals surface area contributed by atoms with Crippen molar-refractivity contribution in [2.45, 2.75) is 6.04 Å². The number of hydrogen-bond donors (Lipinski definition) is 2. The standard InChI is InChI=1S/C11H20N4O3/c1-18-11(17)13-10(16)8-14-2-4-15(5-3-14)9-6-12-7-9/h9,12H,2-8H2,1H3,(H,13,16,17). The van der Waals surface area contributed by atoms with Gasteiger partial charge in [0.15, 0.2) is 0 Å². The quantitative estimate of drug-likeness (QED) is 0.637. The van der Waals surface area contributed by atoms with Gasteiger partial charge in [-0.1, -0.05) is 0 Å². The number of alkyl carbamates (subject to hydrolysis) is 1. The second-order valence-corrected chi connectivity index (χ2v) is 4.66. The third kappa shape index (κ3) is 3.41. The Kier molecular flexibility index (Phi) is 4.51. The zero-order valence-corrected chi connectivity index (χ0v) is 10.6. The van der Waals surface area contributed by atoms with Crippen LogP contribution in [0, 0.1) is 0 Å². The first-order valence-corrected chi connectivity index (χ1v) is 6.24. The van der Waals surface area contributed by atoms with E-state index in [1.165, 1.54) is 7.11 Å². The highest BCUT2D eigenvalue weighted by molar-refractivity contribution is 5.92. The molecule has 0 aliphatic carbocycles. The van der Waals surface area contributed by atoms with Crippen molar-refractivity contribution >= 4 is 12.0 Å². The number of ether oxygens (including phenoxy) is 1. The molecule has 2 rings (SSSR count). The first-order chi connectivity index (χ1) is 8.69. The van der Waals surface area contributed by atoms with Crippen LogP contribution >= 0.6 is 0 Å². The first-order valence-electron chi connectivity index (χ1n) is 6.24. The van der Waals surface area contributed by atoms with Crippen LogP contribution in [-0.2, 0) is 9.53 Å². The highest BCUT2D eigenvalue weighted by atomic mass is 16.5. The van der Waals surface area contributed by atoms with Gasteiger partial charge >= 0.3 is 6.09 Å². The lowest BCUT2D eigenvalue weighted by Crippen LogP contribution is -2.62. The van der Waals surface area contributed by atoms with Gasteiger partial charge in [-0.2, -0.15) is 0 Å². The Morgan fingerprint density at radius 1 is 1.28 bits per heavy atom. The molecular weight excluding hydrogens is 236 g/mol. The minimum atomic E-state index is -0.695. The minimum Gasteiger partial charge on any atom is -0.453 e. The molecule has 0 aromatic rings. The fourth-order valence-corrected chi connectivity index (χ4v) is 2.23. The molecule has 0 atom stereocenters. The summed E-state index contributed by atoms with van der Waals surface area (Å²) in [5, 5.41) is 5.43. The molecule has 2 amide bonds. The number of piperazine rings is 1. The van der Waals surface area contributed by atoms with Gasteiger partial charge in [-0.25, -0.2) is 4.79 Å². The third-order valence-corrected chi connectivity index (χ3v) is 3.48.